The first-order valence-corrected chi connectivity index (χ1v) is 6.25. The van der Waals surface area contributed by atoms with Crippen molar-refractivity contribution < 1.29 is 14.0 Å². The summed E-state index contributed by atoms with van der Waals surface area (Å²) in [5.41, 5.74) is 1.51. The molecule has 1 heterocycles. The first-order valence-electron chi connectivity index (χ1n) is 6.25. The van der Waals surface area contributed by atoms with Crippen molar-refractivity contribution >= 4 is 17.4 Å². The minimum absolute atomic E-state index is 0.0643. The summed E-state index contributed by atoms with van der Waals surface area (Å²) in [6.07, 6.45) is 0. The van der Waals surface area contributed by atoms with E-state index in [1.807, 2.05) is 6.07 Å². The van der Waals surface area contributed by atoms with Crippen LogP contribution in [0.3, 0.4) is 0 Å². The number of anilines is 1. The average molecular weight is 280 g/mol. The van der Waals surface area contributed by atoms with E-state index in [4.69, 9.17) is 5.26 Å². The summed E-state index contributed by atoms with van der Waals surface area (Å²) in [6.45, 7) is 0.104. The Morgan fingerprint density at radius 2 is 1.90 bits per heavy atom. The predicted octanol–water partition coefficient (Wildman–Crippen LogP) is 2.43. The monoisotopic (exact) mass is 280 g/mol. The normalized spacial score (nSPS) is 13.2. The Kier molecular flexibility index (Phi) is 2.99. The fraction of sp³-hybridized carbons (Fsp3) is 0.0625. The summed E-state index contributed by atoms with van der Waals surface area (Å²) in [5, 5.41) is 9.07. The molecule has 0 N–H and O–H groups in total. The highest BCUT2D eigenvalue weighted by atomic mass is 19.1. The topological polar surface area (TPSA) is 61.2 Å². The quantitative estimate of drug-likeness (QED) is 0.794. The third-order valence-electron chi connectivity index (χ3n) is 3.40. The lowest BCUT2D eigenvalue weighted by Crippen LogP contribution is -2.29. The number of hydrogen-bond acceptors (Lipinski definition) is 3. The van der Waals surface area contributed by atoms with Gasteiger partial charge in [0.1, 0.15) is 5.82 Å². The molecule has 1 aliphatic rings. The summed E-state index contributed by atoms with van der Waals surface area (Å²) in [4.78, 5) is 25.2. The number of benzene rings is 2. The molecule has 3 rings (SSSR count). The highest BCUT2D eigenvalue weighted by molar-refractivity contribution is 6.52. The van der Waals surface area contributed by atoms with E-state index in [-0.39, 0.29) is 12.1 Å². The van der Waals surface area contributed by atoms with Crippen LogP contribution in [0.5, 0.6) is 0 Å². The molecule has 0 fully saturated rings. The van der Waals surface area contributed by atoms with E-state index < -0.39 is 17.5 Å². The number of nitriles is 1. The lowest BCUT2D eigenvalue weighted by Gasteiger charge is -2.17. The van der Waals surface area contributed by atoms with Crippen molar-refractivity contribution in [2.24, 2.45) is 0 Å². The van der Waals surface area contributed by atoms with Crippen molar-refractivity contribution in [2.75, 3.05) is 4.90 Å². The summed E-state index contributed by atoms with van der Waals surface area (Å²) >= 11 is 0. The number of ketones is 1. The van der Waals surface area contributed by atoms with Gasteiger partial charge in [-0.15, -0.1) is 0 Å². The molecular formula is C16H9FN2O2. The number of carbonyl (C=O) groups excluding carboxylic acids is 2. The SMILES string of the molecule is N#Cc1ccccc1CN1C(=O)C(=O)c2cc(F)ccc21. The molecule has 0 atom stereocenters. The minimum atomic E-state index is -0.723. The molecule has 0 spiro atoms. The van der Waals surface area contributed by atoms with E-state index in [0.29, 0.717) is 16.8 Å². The second-order valence-corrected chi connectivity index (χ2v) is 4.65. The zero-order valence-electron chi connectivity index (χ0n) is 10.8. The zero-order valence-corrected chi connectivity index (χ0v) is 10.8. The second kappa shape index (κ2) is 4.84. The number of nitrogens with zero attached hydrogens (tertiary/aromatic N) is 2. The van der Waals surface area contributed by atoms with Gasteiger partial charge in [-0.2, -0.15) is 5.26 Å². The van der Waals surface area contributed by atoms with Gasteiger partial charge in [0.2, 0.25) is 0 Å². The fourth-order valence-electron chi connectivity index (χ4n) is 2.37. The Morgan fingerprint density at radius 1 is 1.14 bits per heavy atom. The first kappa shape index (κ1) is 13.0. The standard InChI is InChI=1S/C16H9FN2O2/c17-12-5-6-14-13(7-12)15(20)16(21)19(14)9-11-4-2-1-3-10(11)8-18/h1-7H,9H2. The molecular weight excluding hydrogens is 271 g/mol. The van der Waals surface area contributed by atoms with Gasteiger partial charge in [-0.1, -0.05) is 18.2 Å². The number of amides is 1. The minimum Gasteiger partial charge on any atom is -0.300 e. The van der Waals surface area contributed by atoms with Gasteiger partial charge in [0, 0.05) is 0 Å². The molecule has 0 bridgehead atoms. The van der Waals surface area contributed by atoms with Crippen LogP contribution in [0.1, 0.15) is 21.5 Å². The third-order valence-corrected chi connectivity index (χ3v) is 3.40. The molecule has 0 saturated heterocycles. The maximum absolute atomic E-state index is 13.2. The molecule has 5 heteroatoms. The Bertz CT molecular complexity index is 808. The van der Waals surface area contributed by atoms with E-state index in [2.05, 4.69) is 0 Å². The van der Waals surface area contributed by atoms with Crippen LogP contribution in [-0.4, -0.2) is 11.7 Å². The van der Waals surface area contributed by atoms with E-state index in [9.17, 15) is 14.0 Å². The summed E-state index contributed by atoms with van der Waals surface area (Å²) < 4.78 is 13.2. The highest BCUT2D eigenvalue weighted by Crippen LogP contribution is 2.31. The lowest BCUT2D eigenvalue weighted by atomic mass is 10.1. The van der Waals surface area contributed by atoms with Crippen molar-refractivity contribution in [3.63, 3.8) is 0 Å². The molecule has 4 nitrogen and oxygen atoms in total. The molecule has 102 valence electrons. The number of fused-ring (bicyclic) bond motifs is 1. The van der Waals surface area contributed by atoms with E-state index in [1.165, 1.54) is 17.0 Å². The lowest BCUT2D eigenvalue weighted by molar-refractivity contribution is -0.114. The van der Waals surface area contributed by atoms with Gasteiger partial charge in [0.25, 0.3) is 11.7 Å². The van der Waals surface area contributed by atoms with Crippen molar-refractivity contribution in [2.45, 2.75) is 6.54 Å². The molecule has 1 amide bonds. The van der Waals surface area contributed by atoms with Crippen LogP contribution in [-0.2, 0) is 11.3 Å². The second-order valence-electron chi connectivity index (χ2n) is 4.65. The maximum Gasteiger partial charge on any atom is 0.299 e. The molecule has 0 aliphatic carbocycles. The van der Waals surface area contributed by atoms with E-state index in [0.717, 1.165) is 6.07 Å². The van der Waals surface area contributed by atoms with Crippen LogP contribution in [0.15, 0.2) is 42.5 Å². The molecule has 21 heavy (non-hydrogen) atoms. The number of Topliss-reactive ketones (excluding diaryl/α,β-unsaturated/α-hetero) is 1. The smallest absolute Gasteiger partial charge is 0.299 e. The fourth-order valence-corrected chi connectivity index (χ4v) is 2.37. The summed E-state index contributed by atoms with van der Waals surface area (Å²) in [7, 11) is 0. The largest absolute Gasteiger partial charge is 0.300 e. The third kappa shape index (κ3) is 2.07. The number of rotatable bonds is 2. The number of hydrogen-bond donors (Lipinski definition) is 0. The van der Waals surface area contributed by atoms with Gasteiger partial charge >= 0.3 is 0 Å². The number of carbonyl (C=O) groups is 2. The predicted molar refractivity (Wildman–Crippen MR) is 73.1 cm³/mol. The molecule has 2 aromatic rings. The Hall–Kier alpha value is -3.00. The van der Waals surface area contributed by atoms with Crippen molar-refractivity contribution in [3.05, 3.63) is 65.0 Å². The maximum atomic E-state index is 13.2. The van der Waals surface area contributed by atoms with E-state index >= 15 is 0 Å². The van der Waals surface area contributed by atoms with Crippen molar-refractivity contribution in [1.29, 1.82) is 5.26 Å². The molecule has 0 radical (unpaired) electrons. The van der Waals surface area contributed by atoms with Crippen LogP contribution in [0.4, 0.5) is 10.1 Å². The number of halogens is 1. The van der Waals surface area contributed by atoms with Gasteiger partial charge in [-0.05, 0) is 29.8 Å². The molecule has 0 saturated carbocycles. The van der Waals surface area contributed by atoms with Crippen LogP contribution in [0.25, 0.3) is 0 Å². The molecule has 1 aliphatic heterocycles. The van der Waals surface area contributed by atoms with Crippen LogP contribution in [0.2, 0.25) is 0 Å². The molecule has 0 unspecified atom stereocenters. The summed E-state index contributed by atoms with van der Waals surface area (Å²) in [6, 6.07) is 12.6. The van der Waals surface area contributed by atoms with E-state index in [1.54, 1.807) is 24.3 Å². The molecule has 0 aromatic heterocycles. The van der Waals surface area contributed by atoms with Crippen LogP contribution in [0, 0.1) is 17.1 Å². The van der Waals surface area contributed by atoms with Gasteiger partial charge < -0.3 is 4.90 Å². The van der Waals surface area contributed by atoms with Crippen molar-refractivity contribution in [1.82, 2.24) is 0 Å². The Balaban J connectivity index is 2.03. The Labute approximate surface area is 120 Å². The Morgan fingerprint density at radius 3 is 2.67 bits per heavy atom. The highest BCUT2D eigenvalue weighted by Gasteiger charge is 2.36. The molecule has 2 aromatic carbocycles. The zero-order chi connectivity index (χ0) is 15.0. The van der Waals surface area contributed by atoms with Crippen molar-refractivity contribution in [3.8, 4) is 6.07 Å². The van der Waals surface area contributed by atoms with Gasteiger partial charge in [0.05, 0.1) is 29.4 Å². The van der Waals surface area contributed by atoms with Gasteiger partial charge in [-0.3, -0.25) is 9.59 Å². The van der Waals surface area contributed by atoms with Crippen LogP contribution >= 0.6 is 0 Å². The van der Waals surface area contributed by atoms with Crippen LogP contribution < -0.4 is 4.90 Å². The average Bonchev–Trinajstić information content (AvgIpc) is 2.73. The first-order chi connectivity index (χ1) is 10.1. The van der Waals surface area contributed by atoms with Gasteiger partial charge in [0.15, 0.2) is 0 Å². The van der Waals surface area contributed by atoms with Gasteiger partial charge in [-0.25, -0.2) is 4.39 Å². The summed E-state index contributed by atoms with van der Waals surface area (Å²) in [5.74, 6) is -1.99.